The van der Waals surface area contributed by atoms with Crippen LogP contribution in [0, 0.1) is 0 Å². The van der Waals surface area contributed by atoms with Gasteiger partial charge >= 0.3 is 0 Å². The molecule has 0 unspecified atom stereocenters. The molecule has 90 valence electrons. The highest BCUT2D eigenvalue weighted by Gasteiger charge is 2.18. The predicted octanol–water partition coefficient (Wildman–Crippen LogP) is 1.08. The number of nitrogens with one attached hydrogen (secondary N) is 1. The zero-order valence-corrected chi connectivity index (χ0v) is 9.92. The lowest BCUT2D eigenvalue weighted by Gasteiger charge is -2.14. The van der Waals surface area contributed by atoms with Crippen LogP contribution in [0.3, 0.4) is 0 Å². The van der Waals surface area contributed by atoms with Crippen LogP contribution in [0.1, 0.15) is 32.6 Å². The van der Waals surface area contributed by atoms with Gasteiger partial charge in [0.1, 0.15) is 0 Å². The monoisotopic (exact) mass is 224 g/mol. The number of hydrogen-bond acceptors (Lipinski definition) is 2. The summed E-state index contributed by atoms with van der Waals surface area (Å²) in [5.41, 5.74) is 0.537. The van der Waals surface area contributed by atoms with E-state index in [0.29, 0.717) is 18.5 Å². The number of amides is 2. The largest absolute Gasteiger partial charge is 0.352 e. The Labute approximate surface area is 96.7 Å². The standard InChI is InChI=1S/C12H20N2O2/c1-10(2)12(16)13-7-3-4-8-14-9-5-6-11(14)15/h1,3-9H2,2H3,(H,13,16). The fourth-order valence-electron chi connectivity index (χ4n) is 1.72. The van der Waals surface area contributed by atoms with E-state index in [1.165, 1.54) is 0 Å². The van der Waals surface area contributed by atoms with Gasteiger partial charge < -0.3 is 10.2 Å². The maximum atomic E-state index is 11.3. The Morgan fingerprint density at radius 2 is 2.25 bits per heavy atom. The van der Waals surface area contributed by atoms with Crippen molar-refractivity contribution in [1.29, 1.82) is 0 Å². The molecule has 1 rings (SSSR count). The topological polar surface area (TPSA) is 49.4 Å². The summed E-state index contributed by atoms with van der Waals surface area (Å²) in [5.74, 6) is 0.184. The van der Waals surface area contributed by atoms with Gasteiger partial charge in [0.15, 0.2) is 0 Å². The van der Waals surface area contributed by atoms with Crippen molar-refractivity contribution in [3.63, 3.8) is 0 Å². The van der Waals surface area contributed by atoms with E-state index < -0.39 is 0 Å². The van der Waals surface area contributed by atoms with Gasteiger partial charge in [0.25, 0.3) is 0 Å². The summed E-state index contributed by atoms with van der Waals surface area (Å²) in [6.07, 6.45) is 3.54. The normalized spacial score (nSPS) is 15.3. The fraction of sp³-hybridized carbons (Fsp3) is 0.667. The van der Waals surface area contributed by atoms with Crippen LogP contribution in [-0.2, 0) is 9.59 Å². The van der Waals surface area contributed by atoms with Crippen LogP contribution in [0.5, 0.6) is 0 Å². The molecule has 0 aromatic rings. The van der Waals surface area contributed by atoms with Crippen molar-refractivity contribution in [3.05, 3.63) is 12.2 Å². The maximum Gasteiger partial charge on any atom is 0.246 e. The second-order valence-corrected chi connectivity index (χ2v) is 4.23. The maximum absolute atomic E-state index is 11.3. The molecule has 0 bridgehead atoms. The number of nitrogens with zero attached hydrogens (tertiary/aromatic N) is 1. The highest BCUT2D eigenvalue weighted by atomic mass is 16.2. The second-order valence-electron chi connectivity index (χ2n) is 4.23. The summed E-state index contributed by atoms with van der Waals surface area (Å²) in [4.78, 5) is 24.3. The average Bonchev–Trinajstić information content (AvgIpc) is 2.63. The van der Waals surface area contributed by atoms with Gasteiger partial charge in [-0.1, -0.05) is 6.58 Å². The lowest BCUT2D eigenvalue weighted by Crippen LogP contribution is -2.28. The molecule has 1 aliphatic rings. The molecule has 0 saturated carbocycles. The van der Waals surface area contributed by atoms with Crippen LogP contribution in [-0.4, -0.2) is 36.3 Å². The molecule has 0 atom stereocenters. The molecule has 4 heteroatoms. The first-order valence-corrected chi connectivity index (χ1v) is 5.82. The molecule has 0 radical (unpaired) electrons. The summed E-state index contributed by atoms with van der Waals surface area (Å²) >= 11 is 0. The van der Waals surface area contributed by atoms with Crippen molar-refractivity contribution in [2.45, 2.75) is 32.6 Å². The van der Waals surface area contributed by atoms with Crippen LogP contribution in [0.4, 0.5) is 0 Å². The average molecular weight is 224 g/mol. The van der Waals surface area contributed by atoms with Crippen LogP contribution >= 0.6 is 0 Å². The van der Waals surface area contributed by atoms with E-state index in [9.17, 15) is 9.59 Å². The molecule has 16 heavy (non-hydrogen) atoms. The summed E-state index contributed by atoms with van der Waals surface area (Å²) in [6, 6.07) is 0. The van der Waals surface area contributed by atoms with Crippen molar-refractivity contribution < 1.29 is 9.59 Å². The van der Waals surface area contributed by atoms with Crippen LogP contribution in [0.25, 0.3) is 0 Å². The van der Waals surface area contributed by atoms with Crippen LogP contribution < -0.4 is 5.32 Å². The highest BCUT2D eigenvalue weighted by molar-refractivity contribution is 5.91. The number of carbonyl (C=O) groups excluding carboxylic acids is 2. The SMILES string of the molecule is C=C(C)C(=O)NCCCCN1CCCC1=O. The van der Waals surface area contributed by atoms with E-state index in [1.807, 2.05) is 4.90 Å². The van der Waals surface area contributed by atoms with E-state index in [1.54, 1.807) is 6.92 Å². The number of hydrogen-bond donors (Lipinski definition) is 1. The summed E-state index contributed by atoms with van der Waals surface area (Å²) in [7, 11) is 0. The van der Waals surface area contributed by atoms with Crippen molar-refractivity contribution >= 4 is 11.8 Å². The van der Waals surface area contributed by atoms with Gasteiger partial charge in [-0.25, -0.2) is 0 Å². The smallest absolute Gasteiger partial charge is 0.246 e. The quantitative estimate of drug-likeness (QED) is 0.542. The first-order chi connectivity index (χ1) is 7.61. The Bertz CT molecular complexity index is 287. The molecule has 1 fully saturated rings. The Morgan fingerprint density at radius 1 is 1.50 bits per heavy atom. The van der Waals surface area contributed by atoms with Crippen molar-refractivity contribution in [1.82, 2.24) is 10.2 Å². The number of rotatable bonds is 6. The summed E-state index contributed by atoms with van der Waals surface area (Å²) < 4.78 is 0. The second kappa shape index (κ2) is 6.30. The minimum absolute atomic E-state index is 0.0859. The predicted molar refractivity (Wildman–Crippen MR) is 62.9 cm³/mol. The molecule has 1 heterocycles. The van der Waals surface area contributed by atoms with E-state index in [-0.39, 0.29) is 11.8 Å². The van der Waals surface area contributed by atoms with Crippen molar-refractivity contribution in [3.8, 4) is 0 Å². The van der Waals surface area contributed by atoms with Crippen molar-refractivity contribution in [2.24, 2.45) is 0 Å². The molecule has 0 aliphatic carbocycles. The molecular weight excluding hydrogens is 204 g/mol. The molecular formula is C12H20N2O2. The third-order valence-corrected chi connectivity index (χ3v) is 2.70. The third kappa shape index (κ3) is 4.04. The number of unbranched alkanes of at least 4 members (excludes halogenated alkanes) is 1. The number of likely N-dealkylation sites (tertiary alicyclic amines) is 1. The molecule has 0 aromatic heterocycles. The highest BCUT2D eigenvalue weighted by Crippen LogP contribution is 2.10. The molecule has 2 amide bonds. The summed E-state index contributed by atoms with van der Waals surface area (Å²) in [5, 5.41) is 2.78. The van der Waals surface area contributed by atoms with E-state index in [4.69, 9.17) is 0 Å². The minimum atomic E-state index is -0.0859. The molecule has 4 nitrogen and oxygen atoms in total. The Kier molecular flexibility index (Phi) is 5.02. The molecule has 1 saturated heterocycles. The zero-order chi connectivity index (χ0) is 12.0. The van der Waals surface area contributed by atoms with E-state index in [2.05, 4.69) is 11.9 Å². The minimum Gasteiger partial charge on any atom is -0.352 e. The van der Waals surface area contributed by atoms with E-state index >= 15 is 0 Å². The first-order valence-electron chi connectivity index (χ1n) is 5.82. The van der Waals surface area contributed by atoms with Gasteiger partial charge in [0.2, 0.25) is 11.8 Å². The lowest BCUT2D eigenvalue weighted by molar-refractivity contribution is -0.127. The molecule has 1 aliphatic heterocycles. The molecule has 1 N–H and O–H groups in total. The molecule has 0 aromatic carbocycles. The van der Waals surface area contributed by atoms with Gasteiger partial charge in [-0.3, -0.25) is 9.59 Å². The first kappa shape index (κ1) is 12.7. The van der Waals surface area contributed by atoms with Gasteiger partial charge in [0.05, 0.1) is 0 Å². The van der Waals surface area contributed by atoms with Crippen LogP contribution in [0.15, 0.2) is 12.2 Å². The van der Waals surface area contributed by atoms with Crippen LogP contribution in [0.2, 0.25) is 0 Å². The van der Waals surface area contributed by atoms with E-state index in [0.717, 1.165) is 32.4 Å². The number of carbonyl (C=O) groups is 2. The lowest BCUT2D eigenvalue weighted by atomic mass is 10.2. The van der Waals surface area contributed by atoms with Gasteiger partial charge in [-0.2, -0.15) is 0 Å². The Hall–Kier alpha value is -1.32. The van der Waals surface area contributed by atoms with Gasteiger partial charge in [-0.05, 0) is 26.2 Å². The van der Waals surface area contributed by atoms with Gasteiger partial charge in [0, 0.05) is 31.6 Å². The summed E-state index contributed by atoms with van der Waals surface area (Å²) in [6.45, 7) is 7.64. The Balaban J connectivity index is 2.02. The van der Waals surface area contributed by atoms with Crippen molar-refractivity contribution in [2.75, 3.05) is 19.6 Å². The fourth-order valence-corrected chi connectivity index (χ4v) is 1.72. The third-order valence-electron chi connectivity index (χ3n) is 2.70. The zero-order valence-electron chi connectivity index (χ0n) is 9.92. The van der Waals surface area contributed by atoms with Gasteiger partial charge in [-0.15, -0.1) is 0 Å². The molecule has 0 spiro atoms. The Morgan fingerprint density at radius 3 is 2.81 bits per heavy atom.